The number of H-pyrrole nitrogens is 1. The minimum absolute atomic E-state index is 0.0135. The van der Waals surface area contributed by atoms with Crippen molar-refractivity contribution in [2.75, 3.05) is 0 Å². The molecule has 3 aromatic rings. The molecule has 10 nitrogen and oxygen atoms in total. The van der Waals surface area contributed by atoms with Gasteiger partial charge in [0.2, 0.25) is 17.7 Å². The highest BCUT2D eigenvalue weighted by molar-refractivity contribution is 5.95. The zero-order valence-electron chi connectivity index (χ0n) is 24.7. The van der Waals surface area contributed by atoms with Crippen molar-refractivity contribution >= 4 is 34.6 Å². The smallest absolute Gasteiger partial charge is 0.326 e. The Kier molecular flexibility index (Phi) is 11.7. The molecule has 42 heavy (non-hydrogen) atoms. The highest BCUT2D eigenvalue weighted by Gasteiger charge is 2.31. The molecule has 1 aromatic heterocycles. The number of rotatable bonds is 15. The van der Waals surface area contributed by atoms with Gasteiger partial charge in [-0.15, -0.1) is 0 Å². The first kappa shape index (κ1) is 32.3. The summed E-state index contributed by atoms with van der Waals surface area (Å²) in [5.41, 5.74) is 8.60. The number of nitrogens with one attached hydrogen (secondary N) is 4. The van der Waals surface area contributed by atoms with Crippen molar-refractivity contribution in [1.29, 1.82) is 0 Å². The normalized spacial score (nSPS) is 14.3. The number of carboxylic acid groups (broad SMARTS) is 1. The first-order valence-corrected chi connectivity index (χ1v) is 14.4. The van der Waals surface area contributed by atoms with Crippen molar-refractivity contribution in [2.45, 2.75) is 77.5 Å². The van der Waals surface area contributed by atoms with Gasteiger partial charge in [-0.05, 0) is 41.9 Å². The SMILES string of the molecule is CC(C)CC(N)C(=O)NC(Cc1c[nH]c2ccccc12)C(=O)NC(CC(C)C)C(=O)NC(Cc1ccccc1)C(=O)O. The molecule has 3 amide bonds. The van der Waals surface area contributed by atoms with E-state index in [1.165, 1.54) is 0 Å². The number of hydrogen-bond acceptors (Lipinski definition) is 5. The fourth-order valence-corrected chi connectivity index (χ4v) is 4.92. The minimum atomic E-state index is -1.18. The van der Waals surface area contributed by atoms with E-state index in [0.717, 1.165) is 22.0 Å². The maximum Gasteiger partial charge on any atom is 0.326 e. The van der Waals surface area contributed by atoms with Gasteiger partial charge in [-0.1, -0.05) is 76.2 Å². The van der Waals surface area contributed by atoms with Crippen LogP contribution in [0.2, 0.25) is 0 Å². The third-order valence-corrected chi connectivity index (χ3v) is 7.03. The van der Waals surface area contributed by atoms with Crippen molar-refractivity contribution in [3.63, 3.8) is 0 Å². The maximum atomic E-state index is 13.7. The highest BCUT2D eigenvalue weighted by atomic mass is 16.4. The van der Waals surface area contributed by atoms with Gasteiger partial charge in [-0.25, -0.2) is 4.79 Å². The summed E-state index contributed by atoms with van der Waals surface area (Å²) in [6.07, 6.45) is 2.78. The monoisotopic (exact) mass is 577 g/mol. The molecule has 0 saturated carbocycles. The van der Waals surface area contributed by atoms with Gasteiger partial charge in [0.1, 0.15) is 18.1 Å². The Morgan fingerprint density at radius 2 is 1.31 bits per heavy atom. The van der Waals surface area contributed by atoms with Gasteiger partial charge in [0, 0.05) is 29.9 Å². The Morgan fingerprint density at radius 3 is 1.95 bits per heavy atom. The van der Waals surface area contributed by atoms with Crippen molar-refractivity contribution in [3.05, 3.63) is 71.9 Å². The number of aliphatic carboxylic acids is 1. The molecular weight excluding hydrogens is 534 g/mol. The van der Waals surface area contributed by atoms with E-state index in [9.17, 15) is 24.3 Å². The molecule has 1 heterocycles. The number of amides is 3. The van der Waals surface area contributed by atoms with E-state index in [4.69, 9.17) is 5.73 Å². The molecule has 0 aliphatic rings. The summed E-state index contributed by atoms with van der Waals surface area (Å²) in [5, 5.41) is 18.9. The van der Waals surface area contributed by atoms with Gasteiger partial charge in [-0.2, -0.15) is 0 Å². The molecule has 0 fully saturated rings. The second-order valence-corrected chi connectivity index (χ2v) is 11.6. The molecular formula is C32H43N5O5. The number of nitrogens with two attached hydrogens (primary N) is 1. The van der Waals surface area contributed by atoms with Gasteiger partial charge in [0.15, 0.2) is 0 Å². The van der Waals surface area contributed by atoms with Crippen LogP contribution in [-0.2, 0) is 32.0 Å². The topological polar surface area (TPSA) is 166 Å². The number of benzene rings is 2. The molecule has 0 radical (unpaired) electrons. The second kappa shape index (κ2) is 15.2. The Balaban J connectivity index is 1.82. The maximum absolute atomic E-state index is 13.7. The third-order valence-electron chi connectivity index (χ3n) is 7.03. The van der Waals surface area contributed by atoms with Crippen LogP contribution in [0.5, 0.6) is 0 Å². The molecule has 4 atom stereocenters. The van der Waals surface area contributed by atoms with Crippen LogP contribution in [0.15, 0.2) is 60.8 Å². The van der Waals surface area contributed by atoms with Gasteiger partial charge >= 0.3 is 5.97 Å². The van der Waals surface area contributed by atoms with Crippen molar-refractivity contribution in [3.8, 4) is 0 Å². The molecule has 4 unspecified atom stereocenters. The number of carbonyl (C=O) groups is 4. The summed E-state index contributed by atoms with van der Waals surface area (Å²) in [6, 6.07) is 12.6. The number of hydrogen-bond donors (Lipinski definition) is 6. The zero-order chi connectivity index (χ0) is 30.8. The Morgan fingerprint density at radius 1 is 0.738 bits per heavy atom. The van der Waals surface area contributed by atoms with E-state index in [0.29, 0.717) is 6.42 Å². The largest absolute Gasteiger partial charge is 0.480 e. The van der Waals surface area contributed by atoms with Crippen LogP contribution in [0, 0.1) is 11.8 Å². The lowest BCUT2D eigenvalue weighted by Gasteiger charge is -2.26. The summed E-state index contributed by atoms with van der Waals surface area (Å²) >= 11 is 0. The fraction of sp³-hybridized carbons (Fsp3) is 0.438. The van der Waals surface area contributed by atoms with Crippen molar-refractivity contribution in [2.24, 2.45) is 17.6 Å². The van der Waals surface area contributed by atoms with Gasteiger partial charge in [-0.3, -0.25) is 14.4 Å². The number of aromatic amines is 1. The lowest BCUT2D eigenvalue weighted by atomic mass is 9.99. The summed E-state index contributed by atoms with van der Waals surface area (Å²) in [5.74, 6) is -2.59. The van der Waals surface area contributed by atoms with Gasteiger partial charge in [0.25, 0.3) is 0 Å². The number of aromatic nitrogens is 1. The van der Waals surface area contributed by atoms with Crippen LogP contribution >= 0.6 is 0 Å². The summed E-state index contributed by atoms with van der Waals surface area (Å²) < 4.78 is 0. The third kappa shape index (κ3) is 9.44. The summed E-state index contributed by atoms with van der Waals surface area (Å²) in [4.78, 5) is 55.3. The predicted molar refractivity (Wildman–Crippen MR) is 162 cm³/mol. The van der Waals surface area contributed by atoms with Gasteiger partial charge < -0.3 is 31.8 Å². The number of fused-ring (bicyclic) bond motifs is 1. The van der Waals surface area contributed by atoms with E-state index < -0.39 is 47.9 Å². The summed E-state index contributed by atoms with van der Waals surface area (Å²) in [6.45, 7) is 7.73. The first-order chi connectivity index (χ1) is 19.9. The highest BCUT2D eigenvalue weighted by Crippen LogP contribution is 2.20. The predicted octanol–water partition coefficient (Wildman–Crippen LogP) is 2.91. The van der Waals surface area contributed by atoms with Crippen LogP contribution in [0.3, 0.4) is 0 Å². The van der Waals surface area contributed by atoms with E-state index >= 15 is 0 Å². The molecule has 0 aliphatic heterocycles. The standard InChI is InChI=1S/C32H43N5O5/c1-19(2)14-24(33)29(38)35-27(17-22-18-34-25-13-9-8-12-23(22)25)31(40)36-26(15-20(3)4)30(39)37-28(32(41)42)16-21-10-6-5-7-11-21/h5-13,18-20,24,26-28,34H,14-17,33H2,1-4H3,(H,35,38)(H,36,40)(H,37,39)(H,41,42). The number of para-hydroxylation sites is 1. The van der Waals surface area contributed by atoms with Gasteiger partial charge in [0.05, 0.1) is 6.04 Å². The molecule has 7 N–H and O–H groups in total. The quantitative estimate of drug-likeness (QED) is 0.162. The molecule has 226 valence electrons. The van der Waals surface area contributed by atoms with Crippen LogP contribution in [0.4, 0.5) is 0 Å². The van der Waals surface area contributed by atoms with Crippen molar-refractivity contribution in [1.82, 2.24) is 20.9 Å². The minimum Gasteiger partial charge on any atom is -0.480 e. The zero-order valence-corrected chi connectivity index (χ0v) is 24.7. The van der Waals surface area contributed by atoms with Crippen LogP contribution in [0.1, 0.15) is 51.7 Å². The van der Waals surface area contributed by atoms with Crippen LogP contribution in [0.25, 0.3) is 10.9 Å². The Hall–Kier alpha value is -4.18. The number of carbonyl (C=O) groups excluding carboxylic acids is 3. The average Bonchev–Trinajstić information content (AvgIpc) is 3.34. The Bertz CT molecular complexity index is 1350. The van der Waals surface area contributed by atoms with Crippen molar-refractivity contribution < 1.29 is 24.3 Å². The average molecular weight is 578 g/mol. The lowest BCUT2D eigenvalue weighted by molar-refractivity contribution is -0.142. The second-order valence-electron chi connectivity index (χ2n) is 11.6. The van der Waals surface area contributed by atoms with E-state index in [2.05, 4.69) is 20.9 Å². The first-order valence-electron chi connectivity index (χ1n) is 14.4. The van der Waals surface area contributed by atoms with E-state index in [-0.39, 0.29) is 31.1 Å². The molecule has 10 heteroatoms. The number of carboxylic acids is 1. The van der Waals surface area contributed by atoms with E-state index in [1.807, 2.05) is 58.0 Å². The molecule has 2 aromatic carbocycles. The molecule has 0 bridgehead atoms. The van der Waals surface area contributed by atoms with Crippen LogP contribution in [-0.4, -0.2) is 57.9 Å². The molecule has 3 rings (SSSR count). The summed E-state index contributed by atoms with van der Waals surface area (Å²) in [7, 11) is 0. The Labute approximate surface area is 246 Å². The fourth-order valence-electron chi connectivity index (χ4n) is 4.92. The molecule has 0 aliphatic carbocycles. The molecule has 0 spiro atoms. The van der Waals surface area contributed by atoms with E-state index in [1.54, 1.807) is 30.5 Å². The van der Waals surface area contributed by atoms with Crippen LogP contribution < -0.4 is 21.7 Å². The lowest BCUT2D eigenvalue weighted by Crippen LogP contribution is -2.58. The molecule has 0 saturated heterocycles.